The van der Waals surface area contributed by atoms with Crippen molar-refractivity contribution >= 4 is 23.3 Å². The Morgan fingerprint density at radius 1 is 1.20 bits per heavy atom. The van der Waals surface area contributed by atoms with Crippen LogP contribution in [0.25, 0.3) is 0 Å². The van der Waals surface area contributed by atoms with Crippen molar-refractivity contribution in [1.82, 2.24) is 0 Å². The third-order valence-corrected chi connectivity index (χ3v) is 3.02. The van der Waals surface area contributed by atoms with Gasteiger partial charge in [-0.3, -0.25) is 0 Å². The van der Waals surface area contributed by atoms with Gasteiger partial charge in [0.15, 0.2) is 6.04 Å². The van der Waals surface area contributed by atoms with Gasteiger partial charge in [0.05, 0.1) is 5.69 Å². The molecule has 3 nitrogen and oxygen atoms in total. The molecule has 0 fully saturated rings. The zero-order valence-electron chi connectivity index (χ0n) is 10.1. The lowest BCUT2D eigenvalue weighted by Crippen LogP contribution is -2.21. The third-order valence-electron chi connectivity index (χ3n) is 2.69. The quantitative estimate of drug-likeness (QED) is 0.901. The first-order valence-electron chi connectivity index (χ1n) is 5.68. The number of hydrogen-bond donors (Lipinski definition) is 2. The number of para-hydroxylation sites is 1. The van der Waals surface area contributed by atoms with Crippen LogP contribution in [0.2, 0.25) is 5.02 Å². The summed E-state index contributed by atoms with van der Waals surface area (Å²) in [4.78, 5) is 11.3. The normalized spacial score (nSPS) is 11.9. The molecule has 2 N–H and O–H groups in total. The Labute approximate surface area is 118 Å². The van der Waals surface area contributed by atoms with Crippen LogP contribution < -0.4 is 5.32 Å². The van der Waals surface area contributed by atoms with Crippen molar-refractivity contribution in [3.63, 3.8) is 0 Å². The van der Waals surface area contributed by atoms with Gasteiger partial charge in [-0.1, -0.05) is 29.8 Å². The van der Waals surface area contributed by atoms with Gasteiger partial charge in [-0.2, -0.15) is 0 Å². The maximum Gasteiger partial charge on any atom is 0.330 e. The van der Waals surface area contributed by atoms with E-state index in [1.54, 1.807) is 6.07 Å². The molecule has 0 aliphatic heterocycles. The lowest BCUT2D eigenvalue weighted by molar-refractivity contribution is -0.138. The van der Waals surface area contributed by atoms with Gasteiger partial charge in [-0.25, -0.2) is 13.6 Å². The molecule has 0 radical (unpaired) electrons. The van der Waals surface area contributed by atoms with Crippen LogP contribution in [0.4, 0.5) is 14.5 Å². The molecular weight excluding hydrogens is 288 g/mol. The summed E-state index contributed by atoms with van der Waals surface area (Å²) >= 11 is 5.84. The van der Waals surface area contributed by atoms with Gasteiger partial charge in [0, 0.05) is 10.6 Å². The van der Waals surface area contributed by atoms with Gasteiger partial charge < -0.3 is 10.4 Å². The summed E-state index contributed by atoms with van der Waals surface area (Å²) in [6.45, 7) is 0. The maximum absolute atomic E-state index is 13.5. The first kappa shape index (κ1) is 14.3. The molecule has 0 saturated carbocycles. The van der Waals surface area contributed by atoms with Crippen LogP contribution in [0.5, 0.6) is 0 Å². The number of halogens is 3. The van der Waals surface area contributed by atoms with E-state index in [9.17, 15) is 18.7 Å². The summed E-state index contributed by atoms with van der Waals surface area (Å²) in [5.41, 5.74) is 0.184. The van der Waals surface area contributed by atoms with Crippen molar-refractivity contribution in [2.75, 3.05) is 5.32 Å². The third kappa shape index (κ3) is 3.05. The average molecular weight is 298 g/mol. The van der Waals surface area contributed by atoms with E-state index in [4.69, 9.17) is 11.6 Å². The van der Waals surface area contributed by atoms with E-state index < -0.39 is 23.6 Å². The highest BCUT2D eigenvalue weighted by Crippen LogP contribution is 2.28. The second-order valence-electron chi connectivity index (χ2n) is 4.06. The van der Waals surface area contributed by atoms with Gasteiger partial charge in [-0.05, 0) is 24.3 Å². The van der Waals surface area contributed by atoms with Crippen LogP contribution >= 0.6 is 11.6 Å². The highest BCUT2D eigenvalue weighted by Gasteiger charge is 2.23. The van der Waals surface area contributed by atoms with E-state index in [-0.39, 0.29) is 16.3 Å². The Kier molecular flexibility index (Phi) is 4.20. The maximum atomic E-state index is 13.5. The first-order valence-corrected chi connectivity index (χ1v) is 6.05. The van der Waals surface area contributed by atoms with E-state index in [0.717, 1.165) is 12.1 Å². The smallest absolute Gasteiger partial charge is 0.330 e. The molecule has 0 amide bonds. The molecule has 0 spiro atoms. The molecule has 1 atom stereocenters. The number of aliphatic carboxylic acids is 1. The molecule has 0 aromatic heterocycles. The molecule has 0 aliphatic carbocycles. The lowest BCUT2D eigenvalue weighted by Gasteiger charge is -2.17. The summed E-state index contributed by atoms with van der Waals surface area (Å²) in [7, 11) is 0. The van der Waals surface area contributed by atoms with Gasteiger partial charge in [0.2, 0.25) is 0 Å². The van der Waals surface area contributed by atoms with Crippen molar-refractivity contribution in [2.45, 2.75) is 6.04 Å². The molecule has 0 heterocycles. The van der Waals surface area contributed by atoms with Crippen molar-refractivity contribution < 1.29 is 18.7 Å². The van der Waals surface area contributed by atoms with E-state index in [1.165, 1.54) is 24.3 Å². The number of rotatable bonds is 4. The van der Waals surface area contributed by atoms with E-state index >= 15 is 0 Å². The SMILES string of the molecule is O=C(O)C(Nc1ccccc1F)c1ccc(F)cc1Cl. The number of carbonyl (C=O) groups is 1. The Bertz CT molecular complexity index is 649. The topological polar surface area (TPSA) is 49.3 Å². The fourth-order valence-electron chi connectivity index (χ4n) is 1.74. The first-order chi connectivity index (χ1) is 9.49. The molecule has 6 heteroatoms. The number of nitrogens with one attached hydrogen (secondary N) is 1. The van der Waals surface area contributed by atoms with E-state index in [2.05, 4.69) is 5.32 Å². The second kappa shape index (κ2) is 5.88. The Morgan fingerprint density at radius 3 is 2.50 bits per heavy atom. The second-order valence-corrected chi connectivity index (χ2v) is 4.47. The van der Waals surface area contributed by atoms with Crippen LogP contribution in [-0.2, 0) is 4.79 Å². The summed E-state index contributed by atoms with van der Waals surface area (Å²) in [6, 6.07) is 7.74. The van der Waals surface area contributed by atoms with Gasteiger partial charge in [-0.15, -0.1) is 0 Å². The molecular formula is C14H10ClF2NO2. The van der Waals surface area contributed by atoms with Crippen molar-refractivity contribution in [1.29, 1.82) is 0 Å². The molecule has 20 heavy (non-hydrogen) atoms. The minimum Gasteiger partial charge on any atom is -0.479 e. The molecule has 0 aliphatic rings. The fraction of sp³-hybridized carbons (Fsp3) is 0.0714. The number of hydrogen-bond acceptors (Lipinski definition) is 2. The summed E-state index contributed by atoms with van der Waals surface area (Å²) in [5, 5.41) is 11.7. The molecule has 2 aromatic carbocycles. The van der Waals surface area contributed by atoms with Gasteiger partial charge >= 0.3 is 5.97 Å². The summed E-state index contributed by atoms with van der Waals surface area (Å²) in [5.74, 6) is -2.41. The van der Waals surface area contributed by atoms with Crippen molar-refractivity contribution in [3.05, 3.63) is 64.7 Å². The number of anilines is 1. The van der Waals surface area contributed by atoms with Crippen LogP contribution in [0.15, 0.2) is 42.5 Å². The monoisotopic (exact) mass is 297 g/mol. The largest absolute Gasteiger partial charge is 0.479 e. The molecule has 0 bridgehead atoms. The van der Waals surface area contributed by atoms with Crippen LogP contribution in [0.3, 0.4) is 0 Å². The minimum absolute atomic E-state index is 0.0280. The number of benzene rings is 2. The fourth-order valence-corrected chi connectivity index (χ4v) is 2.02. The molecule has 2 aromatic rings. The summed E-state index contributed by atoms with van der Waals surface area (Å²) in [6.07, 6.45) is 0. The zero-order chi connectivity index (χ0) is 14.7. The molecule has 0 saturated heterocycles. The number of carboxylic acids is 1. The van der Waals surface area contributed by atoms with Crippen molar-refractivity contribution in [3.8, 4) is 0 Å². The molecule has 1 unspecified atom stereocenters. The van der Waals surface area contributed by atoms with Crippen LogP contribution in [0, 0.1) is 11.6 Å². The van der Waals surface area contributed by atoms with Crippen molar-refractivity contribution in [2.24, 2.45) is 0 Å². The van der Waals surface area contributed by atoms with Crippen LogP contribution in [-0.4, -0.2) is 11.1 Å². The average Bonchev–Trinajstić information content (AvgIpc) is 2.38. The van der Waals surface area contributed by atoms with E-state index in [0.29, 0.717) is 0 Å². The Morgan fingerprint density at radius 2 is 1.90 bits per heavy atom. The lowest BCUT2D eigenvalue weighted by atomic mass is 10.1. The Hall–Kier alpha value is -2.14. The standard InChI is InChI=1S/C14H10ClF2NO2/c15-10-7-8(16)5-6-9(10)13(14(19)20)18-12-4-2-1-3-11(12)17/h1-7,13,18H,(H,19,20). The highest BCUT2D eigenvalue weighted by molar-refractivity contribution is 6.31. The predicted octanol–water partition coefficient (Wildman–Crippen LogP) is 3.86. The van der Waals surface area contributed by atoms with E-state index in [1.807, 2.05) is 0 Å². The molecule has 2 rings (SSSR count). The molecule has 104 valence electrons. The highest BCUT2D eigenvalue weighted by atomic mass is 35.5. The summed E-state index contributed by atoms with van der Waals surface area (Å²) < 4.78 is 26.5. The zero-order valence-corrected chi connectivity index (χ0v) is 10.9. The minimum atomic E-state index is -1.28. The van der Waals surface area contributed by atoms with Gasteiger partial charge in [0.25, 0.3) is 0 Å². The number of carboxylic acid groups (broad SMARTS) is 1. The predicted molar refractivity (Wildman–Crippen MR) is 71.8 cm³/mol. The van der Waals surface area contributed by atoms with Gasteiger partial charge in [0.1, 0.15) is 11.6 Å². The Balaban J connectivity index is 2.37. The van der Waals surface area contributed by atoms with Crippen LogP contribution in [0.1, 0.15) is 11.6 Å².